The zero-order chi connectivity index (χ0) is 12.3. The smallest absolute Gasteiger partial charge is 0.358 e. The summed E-state index contributed by atoms with van der Waals surface area (Å²) in [5.41, 5.74) is 1.02. The van der Waals surface area contributed by atoms with Crippen molar-refractivity contribution >= 4 is 17.7 Å². The summed E-state index contributed by atoms with van der Waals surface area (Å²) in [6, 6.07) is 8.03. The van der Waals surface area contributed by atoms with Gasteiger partial charge in [-0.1, -0.05) is 17.3 Å². The Balaban J connectivity index is 2.11. The van der Waals surface area contributed by atoms with Crippen molar-refractivity contribution in [2.75, 3.05) is 6.26 Å². The zero-order valence-corrected chi connectivity index (χ0v) is 10.0. The van der Waals surface area contributed by atoms with E-state index in [9.17, 15) is 4.79 Å². The Kier molecular flexibility index (Phi) is 3.43. The number of thioether (sulfide) groups is 1. The summed E-state index contributed by atoms with van der Waals surface area (Å²) in [6.45, 7) is 0.523. The monoisotopic (exact) mass is 249 g/mol. The first-order chi connectivity index (χ1) is 8.19. The van der Waals surface area contributed by atoms with Crippen LogP contribution in [0.3, 0.4) is 0 Å². The van der Waals surface area contributed by atoms with E-state index in [0.29, 0.717) is 6.54 Å². The van der Waals surface area contributed by atoms with Gasteiger partial charge >= 0.3 is 5.97 Å². The highest BCUT2D eigenvalue weighted by Crippen LogP contribution is 2.15. The van der Waals surface area contributed by atoms with Gasteiger partial charge in [-0.3, -0.25) is 0 Å². The Labute approximate surface area is 102 Å². The molecule has 0 amide bonds. The van der Waals surface area contributed by atoms with E-state index in [0.717, 1.165) is 5.56 Å². The summed E-state index contributed by atoms with van der Waals surface area (Å²) < 4.78 is 1.51. The Morgan fingerprint density at radius 1 is 1.41 bits per heavy atom. The highest BCUT2D eigenvalue weighted by Gasteiger charge is 2.08. The SMILES string of the molecule is CSc1ccc(Cn2cc(C(=O)O)nn2)cc1. The summed E-state index contributed by atoms with van der Waals surface area (Å²) in [6.07, 6.45) is 3.44. The second-order valence-electron chi connectivity index (χ2n) is 3.45. The molecule has 1 N–H and O–H groups in total. The van der Waals surface area contributed by atoms with Crippen LogP contribution in [0.2, 0.25) is 0 Å². The van der Waals surface area contributed by atoms with E-state index in [1.165, 1.54) is 15.8 Å². The molecule has 0 fully saturated rings. The van der Waals surface area contributed by atoms with Gasteiger partial charge in [0.05, 0.1) is 12.7 Å². The first kappa shape index (κ1) is 11.7. The van der Waals surface area contributed by atoms with Gasteiger partial charge in [-0.2, -0.15) is 0 Å². The molecule has 6 heteroatoms. The molecular formula is C11H11N3O2S. The molecule has 0 saturated heterocycles. The van der Waals surface area contributed by atoms with E-state index in [1.807, 2.05) is 30.5 Å². The number of carbonyl (C=O) groups is 1. The van der Waals surface area contributed by atoms with Crippen molar-refractivity contribution in [1.82, 2.24) is 15.0 Å². The number of hydrogen-bond acceptors (Lipinski definition) is 4. The van der Waals surface area contributed by atoms with Crippen LogP contribution in [-0.2, 0) is 6.54 Å². The average Bonchev–Trinajstić information content (AvgIpc) is 2.79. The molecule has 1 heterocycles. The molecule has 88 valence electrons. The molecule has 0 bridgehead atoms. The zero-order valence-electron chi connectivity index (χ0n) is 9.20. The van der Waals surface area contributed by atoms with Gasteiger partial charge in [-0.05, 0) is 24.0 Å². The Bertz CT molecular complexity index is 522. The molecule has 0 aliphatic rings. The summed E-state index contributed by atoms with van der Waals surface area (Å²) in [4.78, 5) is 11.8. The minimum atomic E-state index is -1.06. The molecule has 0 spiro atoms. The number of benzene rings is 1. The van der Waals surface area contributed by atoms with Crippen LogP contribution < -0.4 is 0 Å². The molecule has 17 heavy (non-hydrogen) atoms. The molecule has 1 aromatic carbocycles. The third-order valence-electron chi connectivity index (χ3n) is 2.26. The van der Waals surface area contributed by atoms with E-state index in [1.54, 1.807) is 11.8 Å². The molecule has 2 aromatic rings. The summed E-state index contributed by atoms with van der Waals surface area (Å²) in [5, 5.41) is 16.0. The minimum absolute atomic E-state index is 0.0364. The topological polar surface area (TPSA) is 68.0 Å². The number of nitrogens with zero attached hydrogens (tertiary/aromatic N) is 3. The number of carboxylic acids is 1. The molecule has 5 nitrogen and oxygen atoms in total. The number of hydrogen-bond donors (Lipinski definition) is 1. The first-order valence-corrected chi connectivity index (χ1v) is 6.18. The molecular weight excluding hydrogens is 238 g/mol. The van der Waals surface area contributed by atoms with Gasteiger partial charge in [0.25, 0.3) is 0 Å². The Morgan fingerprint density at radius 2 is 2.12 bits per heavy atom. The number of aromatic nitrogens is 3. The fourth-order valence-electron chi connectivity index (χ4n) is 1.39. The molecule has 0 unspecified atom stereocenters. The van der Waals surface area contributed by atoms with Crippen LogP contribution in [0.1, 0.15) is 16.1 Å². The van der Waals surface area contributed by atoms with E-state index >= 15 is 0 Å². The van der Waals surface area contributed by atoms with Crippen LogP contribution in [0, 0.1) is 0 Å². The van der Waals surface area contributed by atoms with Crippen molar-refractivity contribution in [1.29, 1.82) is 0 Å². The molecule has 0 aliphatic carbocycles. The van der Waals surface area contributed by atoms with Gasteiger partial charge in [-0.15, -0.1) is 16.9 Å². The second-order valence-corrected chi connectivity index (χ2v) is 4.33. The largest absolute Gasteiger partial charge is 0.476 e. The van der Waals surface area contributed by atoms with Crippen LogP contribution >= 0.6 is 11.8 Å². The maximum atomic E-state index is 10.6. The van der Waals surface area contributed by atoms with Gasteiger partial charge in [0.1, 0.15) is 0 Å². The van der Waals surface area contributed by atoms with Gasteiger partial charge in [-0.25, -0.2) is 9.48 Å². The molecule has 0 atom stereocenters. The van der Waals surface area contributed by atoms with E-state index in [2.05, 4.69) is 10.3 Å². The van der Waals surface area contributed by atoms with Crippen molar-refractivity contribution in [2.45, 2.75) is 11.4 Å². The Hall–Kier alpha value is -1.82. The van der Waals surface area contributed by atoms with Crippen LogP contribution in [-0.4, -0.2) is 32.3 Å². The van der Waals surface area contributed by atoms with E-state index in [4.69, 9.17) is 5.11 Å². The van der Waals surface area contributed by atoms with Crippen LogP contribution in [0.4, 0.5) is 0 Å². The fraction of sp³-hybridized carbons (Fsp3) is 0.182. The molecule has 0 aliphatic heterocycles. The molecule has 1 aromatic heterocycles. The maximum absolute atomic E-state index is 10.6. The van der Waals surface area contributed by atoms with Crippen molar-refractivity contribution in [3.8, 4) is 0 Å². The predicted octanol–water partition coefficient (Wildman–Crippen LogP) is 1.75. The fourth-order valence-corrected chi connectivity index (χ4v) is 1.80. The summed E-state index contributed by atoms with van der Waals surface area (Å²) >= 11 is 1.68. The number of carboxylic acid groups (broad SMARTS) is 1. The molecule has 0 saturated carbocycles. The van der Waals surface area contributed by atoms with E-state index in [-0.39, 0.29) is 5.69 Å². The normalized spacial score (nSPS) is 10.4. The summed E-state index contributed by atoms with van der Waals surface area (Å²) in [7, 11) is 0. The van der Waals surface area contributed by atoms with Gasteiger partial charge < -0.3 is 5.11 Å². The van der Waals surface area contributed by atoms with Crippen LogP contribution in [0.5, 0.6) is 0 Å². The van der Waals surface area contributed by atoms with Crippen molar-refractivity contribution in [2.24, 2.45) is 0 Å². The molecule has 2 rings (SSSR count). The number of aromatic carboxylic acids is 1. The predicted molar refractivity (Wildman–Crippen MR) is 64.3 cm³/mol. The van der Waals surface area contributed by atoms with Crippen molar-refractivity contribution in [3.05, 3.63) is 41.7 Å². The average molecular weight is 249 g/mol. The highest BCUT2D eigenvalue weighted by molar-refractivity contribution is 7.98. The van der Waals surface area contributed by atoms with Crippen molar-refractivity contribution in [3.63, 3.8) is 0 Å². The first-order valence-electron chi connectivity index (χ1n) is 4.95. The van der Waals surface area contributed by atoms with Gasteiger partial charge in [0.15, 0.2) is 5.69 Å². The highest BCUT2D eigenvalue weighted by atomic mass is 32.2. The Morgan fingerprint density at radius 3 is 2.65 bits per heavy atom. The lowest BCUT2D eigenvalue weighted by Gasteiger charge is -2.01. The maximum Gasteiger partial charge on any atom is 0.358 e. The lowest BCUT2D eigenvalue weighted by atomic mass is 10.2. The minimum Gasteiger partial charge on any atom is -0.476 e. The number of rotatable bonds is 4. The quantitative estimate of drug-likeness (QED) is 0.836. The van der Waals surface area contributed by atoms with Gasteiger partial charge in [0.2, 0.25) is 0 Å². The third-order valence-corrected chi connectivity index (χ3v) is 3.00. The van der Waals surface area contributed by atoms with E-state index < -0.39 is 5.97 Å². The summed E-state index contributed by atoms with van der Waals surface area (Å²) in [5.74, 6) is -1.06. The lowest BCUT2D eigenvalue weighted by molar-refractivity contribution is 0.0690. The molecule has 0 radical (unpaired) electrons. The third kappa shape index (κ3) is 2.85. The lowest BCUT2D eigenvalue weighted by Crippen LogP contribution is -2.00. The van der Waals surface area contributed by atoms with Crippen molar-refractivity contribution < 1.29 is 9.90 Å². The van der Waals surface area contributed by atoms with Crippen LogP contribution in [0.25, 0.3) is 0 Å². The van der Waals surface area contributed by atoms with Gasteiger partial charge in [0, 0.05) is 4.90 Å². The second kappa shape index (κ2) is 5.01. The van der Waals surface area contributed by atoms with Crippen LogP contribution in [0.15, 0.2) is 35.4 Å². The standard InChI is InChI=1S/C11H11N3O2S/c1-17-9-4-2-8(3-5-9)6-14-7-10(11(15)16)12-13-14/h2-5,7H,6H2,1H3,(H,15,16).